The van der Waals surface area contributed by atoms with Gasteiger partial charge in [-0.3, -0.25) is 0 Å². The predicted octanol–water partition coefficient (Wildman–Crippen LogP) is 4.54. The second kappa shape index (κ2) is 7.00. The maximum Gasteiger partial charge on any atom is 0.120 e. The van der Waals surface area contributed by atoms with Crippen molar-refractivity contribution in [3.05, 3.63) is 59.7 Å². The van der Waals surface area contributed by atoms with E-state index in [9.17, 15) is 0 Å². The molecule has 22 heavy (non-hydrogen) atoms. The van der Waals surface area contributed by atoms with Gasteiger partial charge in [-0.05, 0) is 56.2 Å². The molecule has 0 heterocycles. The van der Waals surface area contributed by atoms with Crippen molar-refractivity contribution in [2.45, 2.75) is 39.3 Å². The third-order valence-electron chi connectivity index (χ3n) is 3.08. The Kier molecular flexibility index (Phi) is 5.06. The maximum atomic E-state index is 8.66. The minimum absolute atomic E-state index is 0.176. The molecule has 3 heteroatoms. The fourth-order valence-electron chi connectivity index (χ4n) is 2.06. The van der Waals surface area contributed by atoms with Crippen molar-refractivity contribution < 1.29 is 4.74 Å². The third-order valence-corrected chi connectivity index (χ3v) is 3.08. The number of hydrogen-bond donors (Lipinski definition) is 1. The van der Waals surface area contributed by atoms with Gasteiger partial charge in [-0.1, -0.05) is 24.3 Å². The maximum absolute atomic E-state index is 8.66. The second-order valence-electron chi connectivity index (χ2n) is 6.24. The molecule has 2 aromatic carbocycles. The number of nitriles is 1. The molecule has 0 saturated heterocycles. The monoisotopic (exact) mass is 294 g/mol. The van der Waals surface area contributed by atoms with E-state index >= 15 is 0 Å². The topological polar surface area (TPSA) is 45.0 Å². The largest absolute Gasteiger partial charge is 0.488 e. The molecule has 2 aromatic rings. The minimum atomic E-state index is -0.176. The highest BCUT2D eigenvalue weighted by molar-refractivity contribution is 5.45. The Hall–Kier alpha value is -2.47. The van der Waals surface area contributed by atoms with Crippen molar-refractivity contribution in [3.8, 4) is 11.8 Å². The molecule has 0 unspecified atom stereocenters. The third kappa shape index (κ3) is 5.14. The second-order valence-corrected chi connectivity index (χ2v) is 6.24. The molecule has 0 saturated carbocycles. The van der Waals surface area contributed by atoms with Crippen LogP contribution in [0.3, 0.4) is 0 Å². The SMILES string of the molecule is CC(C)(C)Oc1ccc(CNc2ccc(CC#N)cc2)cc1. The summed E-state index contributed by atoms with van der Waals surface area (Å²) in [5.41, 5.74) is 3.11. The van der Waals surface area contributed by atoms with Crippen molar-refractivity contribution in [1.29, 1.82) is 5.26 Å². The van der Waals surface area contributed by atoms with E-state index < -0.39 is 0 Å². The lowest BCUT2D eigenvalue weighted by Crippen LogP contribution is -2.22. The molecule has 0 aliphatic rings. The quantitative estimate of drug-likeness (QED) is 0.880. The summed E-state index contributed by atoms with van der Waals surface area (Å²) < 4.78 is 5.81. The van der Waals surface area contributed by atoms with Crippen LogP contribution in [0.4, 0.5) is 5.69 Å². The molecular formula is C19H22N2O. The summed E-state index contributed by atoms with van der Waals surface area (Å²) in [4.78, 5) is 0. The predicted molar refractivity (Wildman–Crippen MR) is 89.9 cm³/mol. The molecule has 1 N–H and O–H groups in total. The zero-order chi connectivity index (χ0) is 16.0. The molecule has 2 rings (SSSR count). The number of benzene rings is 2. The van der Waals surface area contributed by atoms with Gasteiger partial charge in [0.05, 0.1) is 12.5 Å². The number of rotatable bonds is 5. The van der Waals surface area contributed by atoms with Gasteiger partial charge < -0.3 is 10.1 Å². The van der Waals surface area contributed by atoms with Gasteiger partial charge in [0.25, 0.3) is 0 Å². The van der Waals surface area contributed by atoms with Crippen molar-refractivity contribution in [1.82, 2.24) is 0 Å². The Balaban J connectivity index is 1.90. The van der Waals surface area contributed by atoms with Gasteiger partial charge in [-0.2, -0.15) is 5.26 Å². The first-order valence-electron chi connectivity index (χ1n) is 7.44. The van der Waals surface area contributed by atoms with E-state index in [1.165, 1.54) is 5.56 Å². The molecule has 114 valence electrons. The highest BCUT2D eigenvalue weighted by Gasteiger charge is 2.11. The van der Waals surface area contributed by atoms with Crippen LogP contribution in [0.1, 0.15) is 31.9 Å². The van der Waals surface area contributed by atoms with Crippen molar-refractivity contribution in [2.24, 2.45) is 0 Å². The van der Waals surface area contributed by atoms with Gasteiger partial charge >= 0.3 is 0 Å². The van der Waals surface area contributed by atoms with Gasteiger partial charge in [0.1, 0.15) is 11.4 Å². The van der Waals surface area contributed by atoms with Crippen LogP contribution in [0.5, 0.6) is 5.75 Å². The van der Waals surface area contributed by atoms with Crippen molar-refractivity contribution >= 4 is 5.69 Å². The lowest BCUT2D eigenvalue weighted by Gasteiger charge is -2.21. The average molecular weight is 294 g/mol. The van der Waals surface area contributed by atoms with Crippen LogP contribution in [0, 0.1) is 11.3 Å². The minimum Gasteiger partial charge on any atom is -0.488 e. The van der Waals surface area contributed by atoms with Crippen LogP contribution in [0.2, 0.25) is 0 Å². The van der Waals surface area contributed by atoms with E-state index in [1.807, 2.05) is 57.2 Å². The standard InChI is InChI=1S/C19H22N2O/c1-19(2,3)22-18-10-6-16(7-11-18)14-21-17-8-4-15(5-9-17)12-13-20/h4-11,21H,12,14H2,1-3H3. The average Bonchev–Trinajstić information content (AvgIpc) is 2.47. The van der Waals surface area contributed by atoms with Crippen LogP contribution < -0.4 is 10.1 Å². The van der Waals surface area contributed by atoms with E-state index in [2.05, 4.69) is 23.5 Å². The van der Waals surface area contributed by atoms with Crippen LogP contribution in [0.15, 0.2) is 48.5 Å². The van der Waals surface area contributed by atoms with Crippen LogP contribution in [0.25, 0.3) is 0 Å². The molecule has 0 aliphatic heterocycles. The van der Waals surface area contributed by atoms with Crippen molar-refractivity contribution in [2.75, 3.05) is 5.32 Å². The molecule has 0 atom stereocenters. The highest BCUT2D eigenvalue weighted by atomic mass is 16.5. The van der Waals surface area contributed by atoms with E-state index in [0.717, 1.165) is 23.5 Å². The molecule has 0 spiro atoms. The van der Waals surface area contributed by atoms with Gasteiger partial charge in [-0.15, -0.1) is 0 Å². The Labute approximate surface area is 132 Å². The first-order valence-corrected chi connectivity index (χ1v) is 7.44. The molecular weight excluding hydrogens is 272 g/mol. The molecule has 0 fully saturated rings. The summed E-state index contributed by atoms with van der Waals surface area (Å²) >= 11 is 0. The molecule has 0 aromatic heterocycles. The summed E-state index contributed by atoms with van der Waals surface area (Å²) in [6.45, 7) is 6.88. The Bertz CT molecular complexity index is 631. The molecule has 3 nitrogen and oxygen atoms in total. The zero-order valence-corrected chi connectivity index (χ0v) is 13.4. The number of nitrogens with one attached hydrogen (secondary N) is 1. The smallest absolute Gasteiger partial charge is 0.120 e. The van der Waals surface area contributed by atoms with Gasteiger partial charge in [0, 0.05) is 12.2 Å². The molecule has 0 bridgehead atoms. The number of hydrogen-bond acceptors (Lipinski definition) is 3. The van der Waals surface area contributed by atoms with Crippen LogP contribution >= 0.6 is 0 Å². The molecule has 0 aliphatic carbocycles. The first-order chi connectivity index (χ1) is 10.5. The lowest BCUT2D eigenvalue weighted by molar-refractivity contribution is 0.131. The van der Waals surface area contributed by atoms with E-state index in [1.54, 1.807) is 0 Å². The summed E-state index contributed by atoms with van der Waals surface area (Å²) in [5, 5.41) is 12.0. The van der Waals surface area contributed by atoms with Crippen LogP contribution in [-0.4, -0.2) is 5.60 Å². The molecule has 0 radical (unpaired) electrons. The normalized spacial score (nSPS) is 10.8. The van der Waals surface area contributed by atoms with Crippen molar-refractivity contribution in [3.63, 3.8) is 0 Å². The first kappa shape index (κ1) is 15.9. The lowest BCUT2D eigenvalue weighted by atomic mass is 10.1. The summed E-state index contributed by atoms with van der Waals surface area (Å²) in [6.07, 6.45) is 0.454. The number of anilines is 1. The van der Waals surface area contributed by atoms with Crippen LogP contribution in [-0.2, 0) is 13.0 Å². The number of nitrogens with zero attached hydrogens (tertiary/aromatic N) is 1. The Morgan fingerprint density at radius 1 is 0.955 bits per heavy atom. The van der Waals surface area contributed by atoms with E-state index in [-0.39, 0.29) is 5.60 Å². The Morgan fingerprint density at radius 2 is 1.55 bits per heavy atom. The van der Waals surface area contributed by atoms with Gasteiger partial charge in [0.2, 0.25) is 0 Å². The summed E-state index contributed by atoms with van der Waals surface area (Å²) in [5.74, 6) is 0.886. The van der Waals surface area contributed by atoms with E-state index in [0.29, 0.717) is 6.42 Å². The summed E-state index contributed by atoms with van der Waals surface area (Å²) in [7, 11) is 0. The fraction of sp³-hybridized carbons (Fsp3) is 0.316. The Morgan fingerprint density at radius 3 is 2.09 bits per heavy atom. The highest BCUT2D eigenvalue weighted by Crippen LogP contribution is 2.19. The number of ether oxygens (including phenoxy) is 1. The summed E-state index contributed by atoms with van der Waals surface area (Å²) in [6, 6.07) is 18.2. The molecule has 0 amide bonds. The van der Waals surface area contributed by atoms with Gasteiger partial charge in [0.15, 0.2) is 0 Å². The van der Waals surface area contributed by atoms with Gasteiger partial charge in [-0.25, -0.2) is 0 Å². The zero-order valence-electron chi connectivity index (χ0n) is 13.4. The fourth-order valence-corrected chi connectivity index (χ4v) is 2.06. The van der Waals surface area contributed by atoms with E-state index in [4.69, 9.17) is 10.00 Å².